The zero-order valence-electron chi connectivity index (χ0n) is 15.9. The first-order chi connectivity index (χ1) is 13.1. The number of aromatic nitrogens is 2. The number of benzene rings is 1. The lowest BCUT2D eigenvalue weighted by molar-refractivity contribution is -0.145. The van der Waals surface area contributed by atoms with E-state index in [0.29, 0.717) is 17.3 Å². The highest BCUT2D eigenvalue weighted by molar-refractivity contribution is 6.32. The Morgan fingerprint density at radius 1 is 1.32 bits per heavy atom. The van der Waals surface area contributed by atoms with E-state index in [2.05, 4.69) is 14.9 Å². The van der Waals surface area contributed by atoms with E-state index in [0.717, 1.165) is 0 Å². The molecule has 1 aromatic heterocycles. The summed E-state index contributed by atoms with van der Waals surface area (Å²) in [5.41, 5.74) is 0.213. The molecule has 10 heteroatoms. The van der Waals surface area contributed by atoms with Crippen LogP contribution in [0.25, 0.3) is 0 Å². The van der Waals surface area contributed by atoms with E-state index in [-0.39, 0.29) is 41.4 Å². The van der Waals surface area contributed by atoms with Crippen molar-refractivity contribution in [1.29, 1.82) is 0 Å². The van der Waals surface area contributed by atoms with E-state index in [1.54, 1.807) is 0 Å². The number of esters is 1. The van der Waals surface area contributed by atoms with E-state index in [1.807, 2.05) is 20.8 Å². The number of rotatable bonds is 8. The van der Waals surface area contributed by atoms with Gasteiger partial charge in [-0.3, -0.25) is 4.79 Å². The topological polar surface area (TPSA) is 83.7 Å². The molecule has 2 aromatic rings. The maximum absolute atomic E-state index is 12.4. The average Bonchev–Trinajstić information content (AvgIpc) is 3.09. The first kappa shape index (κ1) is 21.9. The van der Waals surface area contributed by atoms with Gasteiger partial charge in [0.05, 0.1) is 18.6 Å². The first-order valence-electron chi connectivity index (χ1n) is 8.40. The van der Waals surface area contributed by atoms with Crippen LogP contribution in [0.3, 0.4) is 0 Å². The summed E-state index contributed by atoms with van der Waals surface area (Å²) in [4.78, 5) is 16.2. The summed E-state index contributed by atoms with van der Waals surface area (Å²) in [6.45, 7) is 2.70. The molecule has 7 nitrogen and oxygen atoms in total. The van der Waals surface area contributed by atoms with Crippen LogP contribution in [0.15, 0.2) is 16.7 Å². The molecular weight excluding hydrogens is 398 g/mol. The van der Waals surface area contributed by atoms with Crippen molar-refractivity contribution in [3.8, 4) is 11.5 Å². The van der Waals surface area contributed by atoms with Crippen molar-refractivity contribution in [2.75, 3.05) is 7.11 Å². The minimum absolute atomic E-state index is 0.0134. The van der Waals surface area contributed by atoms with Crippen molar-refractivity contribution in [1.82, 2.24) is 10.1 Å². The Balaban J connectivity index is 1.92. The van der Waals surface area contributed by atoms with Gasteiger partial charge in [-0.2, -0.15) is 13.8 Å². The van der Waals surface area contributed by atoms with Gasteiger partial charge in [-0.1, -0.05) is 37.5 Å². The fourth-order valence-electron chi connectivity index (χ4n) is 2.17. The van der Waals surface area contributed by atoms with E-state index in [4.69, 9.17) is 25.6 Å². The molecule has 0 aliphatic rings. The molecule has 0 atom stereocenters. The number of carbonyl (C=O) groups excluding carboxylic acids is 1. The summed E-state index contributed by atoms with van der Waals surface area (Å²) in [6, 6.07) is 2.77. The monoisotopic (exact) mass is 418 g/mol. The molecule has 2 rings (SSSR count). The molecule has 0 saturated heterocycles. The minimum Gasteiger partial charge on any atom is -0.493 e. The Hall–Kier alpha value is -2.42. The van der Waals surface area contributed by atoms with Crippen molar-refractivity contribution in [2.24, 2.45) is 0 Å². The largest absolute Gasteiger partial charge is 0.493 e. The minimum atomic E-state index is -3.04. The molecule has 0 bridgehead atoms. The highest BCUT2D eigenvalue weighted by Crippen LogP contribution is 2.37. The number of hydrogen-bond acceptors (Lipinski definition) is 7. The molecule has 0 fully saturated rings. The highest BCUT2D eigenvalue weighted by atomic mass is 35.5. The predicted molar refractivity (Wildman–Crippen MR) is 95.8 cm³/mol. The smallest absolute Gasteiger partial charge is 0.387 e. The van der Waals surface area contributed by atoms with Gasteiger partial charge in [0.25, 0.3) is 0 Å². The molecule has 0 amide bonds. The molecule has 0 N–H and O–H groups in total. The first-order valence-corrected chi connectivity index (χ1v) is 8.78. The fourth-order valence-corrected chi connectivity index (χ4v) is 2.44. The lowest BCUT2D eigenvalue weighted by atomic mass is 9.96. The molecule has 1 heterocycles. The van der Waals surface area contributed by atoms with E-state index in [1.165, 1.54) is 19.2 Å². The van der Waals surface area contributed by atoms with Gasteiger partial charge in [0.1, 0.15) is 6.61 Å². The number of ether oxygens (including phenoxy) is 3. The Morgan fingerprint density at radius 3 is 2.61 bits per heavy atom. The standard InChI is InChI=1S/C18H21ClF2N2O5/c1-18(2,3)16-22-13(28-23-16)5-6-14(24)26-9-10-7-11(19)15(27-17(20)21)12(8-10)25-4/h7-8,17H,5-6,9H2,1-4H3. The quantitative estimate of drug-likeness (QED) is 0.590. The molecule has 1 aromatic carbocycles. The maximum atomic E-state index is 12.4. The van der Waals surface area contributed by atoms with E-state index < -0.39 is 12.6 Å². The SMILES string of the molecule is COc1cc(COC(=O)CCc2nc(C(C)(C)C)no2)cc(Cl)c1OC(F)F. The second kappa shape index (κ2) is 9.18. The van der Waals surface area contributed by atoms with Crippen LogP contribution in [-0.4, -0.2) is 29.8 Å². The Labute approximate surface area is 165 Å². The lowest BCUT2D eigenvalue weighted by Crippen LogP contribution is -2.13. The number of hydrogen-bond donors (Lipinski definition) is 0. The summed E-state index contributed by atoms with van der Waals surface area (Å²) < 4.78 is 44.5. The van der Waals surface area contributed by atoms with Crippen molar-refractivity contribution in [3.63, 3.8) is 0 Å². The summed E-state index contributed by atoms with van der Waals surface area (Å²) in [5, 5.41) is 3.81. The molecule has 0 aliphatic heterocycles. The zero-order valence-corrected chi connectivity index (χ0v) is 16.7. The third kappa shape index (κ3) is 6.05. The van der Waals surface area contributed by atoms with Gasteiger partial charge in [0.2, 0.25) is 5.89 Å². The second-order valence-electron chi connectivity index (χ2n) is 6.91. The molecule has 0 radical (unpaired) electrons. The molecule has 0 saturated carbocycles. The van der Waals surface area contributed by atoms with Gasteiger partial charge in [0, 0.05) is 11.8 Å². The van der Waals surface area contributed by atoms with Gasteiger partial charge >= 0.3 is 12.6 Å². The number of carbonyl (C=O) groups is 1. The maximum Gasteiger partial charge on any atom is 0.387 e. The average molecular weight is 419 g/mol. The van der Waals surface area contributed by atoms with Crippen molar-refractivity contribution >= 4 is 17.6 Å². The summed E-state index contributed by atoms with van der Waals surface area (Å²) in [5.74, 6) is 0.155. The van der Waals surface area contributed by atoms with Crippen LogP contribution in [0, 0.1) is 0 Å². The summed E-state index contributed by atoms with van der Waals surface area (Å²) in [6.07, 6.45) is 0.288. The number of halogens is 3. The molecule has 0 aliphatic carbocycles. The Bertz CT molecular complexity index is 821. The van der Waals surface area contributed by atoms with Gasteiger partial charge in [-0.15, -0.1) is 0 Å². The predicted octanol–water partition coefficient (Wildman–Crippen LogP) is 4.31. The number of alkyl halides is 2. The highest BCUT2D eigenvalue weighted by Gasteiger charge is 2.21. The normalized spacial score (nSPS) is 11.6. The number of nitrogens with zero attached hydrogens (tertiary/aromatic N) is 2. The molecular formula is C18H21ClF2N2O5. The van der Waals surface area contributed by atoms with Crippen LogP contribution in [0.4, 0.5) is 8.78 Å². The van der Waals surface area contributed by atoms with Gasteiger partial charge < -0.3 is 18.7 Å². The van der Waals surface area contributed by atoms with Crippen LogP contribution in [0.1, 0.15) is 44.5 Å². The lowest BCUT2D eigenvalue weighted by Gasteiger charge is -2.13. The van der Waals surface area contributed by atoms with Crippen molar-refractivity contribution < 1.29 is 32.3 Å². The third-order valence-electron chi connectivity index (χ3n) is 3.58. The van der Waals surface area contributed by atoms with E-state index in [9.17, 15) is 13.6 Å². The molecule has 154 valence electrons. The second-order valence-corrected chi connectivity index (χ2v) is 7.32. The van der Waals surface area contributed by atoms with Crippen LogP contribution >= 0.6 is 11.6 Å². The molecule has 28 heavy (non-hydrogen) atoms. The number of methoxy groups -OCH3 is 1. The molecule has 0 spiro atoms. The van der Waals surface area contributed by atoms with Crippen LogP contribution in [0.2, 0.25) is 5.02 Å². The fraction of sp³-hybridized carbons (Fsp3) is 0.500. The zero-order chi connectivity index (χ0) is 20.9. The summed E-state index contributed by atoms with van der Waals surface area (Å²) >= 11 is 5.95. The van der Waals surface area contributed by atoms with Crippen LogP contribution in [0.5, 0.6) is 11.5 Å². The summed E-state index contributed by atoms with van der Waals surface area (Å²) in [7, 11) is 1.29. The van der Waals surface area contributed by atoms with Crippen molar-refractivity contribution in [3.05, 3.63) is 34.4 Å². The Kier molecular flexibility index (Phi) is 7.17. The van der Waals surface area contributed by atoms with Crippen LogP contribution < -0.4 is 9.47 Å². The van der Waals surface area contributed by atoms with E-state index >= 15 is 0 Å². The van der Waals surface area contributed by atoms with Crippen LogP contribution in [-0.2, 0) is 28.0 Å². The van der Waals surface area contributed by atoms with Gasteiger partial charge in [-0.05, 0) is 17.7 Å². The van der Waals surface area contributed by atoms with Gasteiger partial charge in [0.15, 0.2) is 17.3 Å². The van der Waals surface area contributed by atoms with Crippen molar-refractivity contribution in [2.45, 2.75) is 52.2 Å². The van der Waals surface area contributed by atoms with Gasteiger partial charge in [-0.25, -0.2) is 0 Å². The Morgan fingerprint density at radius 2 is 2.04 bits per heavy atom. The number of aryl methyl sites for hydroxylation is 1. The third-order valence-corrected chi connectivity index (χ3v) is 3.86. The molecule has 0 unspecified atom stereocenters.